The average molecular weight is 258 g/mol. The Labute approximate surface area is 107 Å². The van der Waals surface area contributed by atoms with Crippen LogP contribution in [0.3, 0.4) is 0 Å². The smallest absolute Gasteiger partial charge is 0.238 e. The van der Waals surface area contributed by atoms with E-state index in [2.05, 4.69) is 30.7 Å². The van der Waals surface area contributed by atoms with E-state index in [4.69, 9.17) is 12.2 Å². The van der Waals surface area contributed by atoms with E-state index in [0.717, 1.165) is 16.5 Å². The largest absolute Gasteiger partial charge is 0.361 e. The van der Waals surface area contributed by atoms with E-state index in [0.29, 0.717) is 10.7 Å². The number of nitrogens with zero attached hydrogens (tertiary/aromatic N) is 2. The van der Waals surface area contributed by atoms with Crippen molar-refractivity contribution in [2.24, 2.45) is 5.10 Å². The van der Waals surface area contributed by atoms with Crippen LogP contribution in [0.25, 0.3) is 10.9 Å². The van der Waals surface area contributed by atoms with Crippen LogP contribution in [0.15, 0.2) is 35.6 Å². The van der Waals surface area contributed by atoms with Gasteiger partial charge in [-0.1, -0.05) is 18.2 Å². The lowest BCUT2D eigenvalue weighted by atomic mass is 10.2. The highest BCUT2D eigenvalue weighted by Crippen LogP contribution is 2.15. The maximum absolute atomic E-state index is 4.83. The van der Waals surface area contributed by atoms with Crippen molar-refractivity contribution in [1.29, 1.82) is 0 Å². The van der Waals surface area contributed by atoms with Crippen LogP contribution >= 0.6 is 12.2 Å². The first-order valence-electron chi connectivity index (χ1n) is 5.33. The lowest BCUT2D eigenvalue weighted by molar-refractivity contribution is 1.07. The van der Waals surface area contributed by atoms with Gasteiger partial charge in [0.05, 0.1) is 6.21 Å². The van der Waals surface area contributed by atoms with Crippen LogP contribution in [0.2, 0.25) is 0 Å². The molecule has 2 aromatic heterocycles. The molecule has 0 aliphatic rings. The van der Waals surface area contributed by atoms with Crippen LogP contribution in [0, 0.1) is 4.77 Å². The number of aromatic amines is 3. The van der Waals surface area contributed by atoms with Crippen LogP contribution in [0.4, 0.5) is 5.95 Å². The average Bonchev–Trinajstić information content (AvgIpc) is 2.97. The molecule has 0 amide bonds. The van der Waals surface area contributed by atoms with E-state index in [1.807, 2.05) is 30.5 Å². The Bertz CT molecular complexity index is 750. The number of hydrogen-bond acceptors (Lipinski definition) is 4. The zero-order chi connectivity index (χ0) is 12.4. The fraction of sp³-hybridized carbons (Fsp3) is 0. The molecule has 0 saturated heterocycles. The normalized spacial score (nSPS) is 11.3. The number of aromatic nitrogens is 4. The standard InChI is InChI=1S/C11H10N6S/c18-11-14-10(16-17-11)15-13-6-7-5-12-9-4-2-1-3-8(7)9/h1-6,12H,(H3,14,15,16,17,18)/b13-6+. The molecule has 0 unspecified atom stereocenters. The number of H-pyrrole nitrogens is 3. The number of rotatable bonds is 3. The third-order valence-electron chi connectivity index (χ3n) is 2.50. The van der Waals surface area contributed by atoms with E-state index >= 15 is 0 Å². The number of fused-ring (bicyclic) bond motifs is 1. The summed E-state index contributed by atoms with van der Waals surface area (Å²) in [5.41, 5.74) is 4.85. The molecule has 0 saturated carbocycles. The zero-order valence-corrected chi connectivity index (χ0v) is 10.1. The molecule has 18 heavy (non-hydrogen) atoms. The maximum Gasteiger partial charge on any atom is 0.238 e. The van der Waals surface area contributed by atoms with Crippen molar-refractivity contribution >= 4 is 35.3 Å². The number of hydrogen-bond donors (Lipinski definition) is 4. The summed E-state index contributed by atoms with van der Waals surface area (Å²) in [6.07, 6.45) is 3.63. The monoisotopic (exact) mass is 258 g/mol. The van der Waals surface area contributed by atoms with Crippen molar-refractivity contribution in [1.82, 2.24) is 20.2 Å². The lowest BCUT2D eigenvalue weighted by Crippen LogP contribution is -1.91. The Kier molecular flexibility index (Phi) is 2.66. The van der Waals surface area contributed by atoms with Crippen LogP contribution in [0.1, 0.15) is 5.56 Å². The van der Waals surface area contributed by atoms with Gasteiger partial charge in [0, 0.05) is 22.7 Å². The highest BCUT2D eigenvalue weighted by Gasteiger charge is 1.99. The van der Waals surface area contributed by atoms with Gasteiger partial charge in [0.15, 0.2) is 0 Å². The first-order valence-corrected chi connectivity index (χ1v) is 5.73. The van der Waals surface area contributed by atoms with Crippen molar-refractivity contribution < 1.29 is 0 Å². The minimum Gasteiger partial charge on any atom is -0.361 e. The zero-order valence-electron chi connectivity index (χ0n) is 9.27. The van der Waals surface area contributed by atoms with Crippen molar-refractivity contribution in [2.45, 2.75) is 0 Å². The summed E-state index contributed by atoms with van der Waals surface area (Å²) >= 11 is 4.83. The Morgan fingerprint density at radius 1 is 1.28 bits per heavy atom. The fourth-order valence-corrected chi connectivity index (χ4v) is 1.83. The van der Waals surface area contributed by atoms with Gasteiger partial charge in [0.25, 0.3) is 0 Å². The van der Waals surface area contributed by atoms with Gasteiger partial charge < -0.3 is 4.98 Å². The molecule has 6 nitrogen and oxygen atoms in total. The Balaban J connectivity index is 1.82. The first-order chi connectivity index (χ1) is 8.83. The van der Waals surface area contributed by atoms with Crippen molar-refractivity contribution in [2.75, 3.05) is 5.43 Å². The minimum absolute atomic E-state index is 0.389. The summed E-state index contributed by atoms with van der Waals surface area (Å²) in [4.78, 5) is 7.14. The van der Waals surface area contributed by atoms with Gasteiger partial charge >= 0.3 is 0 Å². The molecule has 0 aliphatic carbocycles. The molecule has 2 heterocycles. The summed E-state index contributed by atoms with van der Waals surface area (Å²) < 4.78 is 0.389. The topological polar surface area (TPSA) is 84.7 Å². The van der Waals surface area contributed by atoms with Crippen LogP contribution < -0.4 is 5.43 Å². The molecule has 4 N–H and O–H groups in total. The fourth-order valence-electron chi connectivity index (χ4n) is 1.69. The van der Waals surface area contributed by atoms with E-state index in [1.54, 1.807) is 6.21 Å². The van der Waals surface area contributed by atoms with Gasteiger partial charge in [-0.25, -0.2) is 5.43 Å². The van der Waals surface area contributed by atoms with E-state index < -0.39 is 0 Å². The quantitative estimate of drug-likeness (QED) is 0.330. The molecule has 0 fully saturated rings. The Morgan fingerprint density at radius 2 is 2.17 bits per heavy atom. The SMILES string of the molecule is S=c1nc(N/N=C/c2c[nH]c3ccccc23)[nH][nH]1. The molecule has 3 rings (SSSR count). The van der Waals surface area contributed by atoms with Crippen molar-refractivity contribution in [3.8, 4) is 0 Å². The van der Waals surface area contributed by atoms with E-state index in [9.17, 15) is 0 Å². The number of para-hydroxylation sites is 1. The first kappa shape index (κ1) is 10.7. The van der Waals surface area contributed by atoms with Gasteiger partial charge in [-0.3, -0.25) is 10.2 Å². The van der Waals surface area contributed by atoms with Gasteiger partial charge in [-0.2, -0.15) is 10.1 Å². The van der Waals surface area contributed by atoms with Gasteiger partial charge in [0.2, 0.25) is 10.7 Å². The third kappa shape index (κ3) is 2.03. The Hall–Kier alpha value is -2.41. The third-order valence-corrected chi connectivity index (χ3v) is 2.69. The summed E-state index contributed by atoms with van der Waals surface area (Å²) in [6.45, 7) is 0. The number of anilines is 1. The second-order valence-corrected chi connectivity index (χ2v) is 4.06. The van der Waals surface area contributed by atoms with Crippen LogP contribution in [-0.4, -0.2) is 26.4 Å². The van der Waals surface area contributed by atoms with E-state index in [1.165, 1.54) is 0 Å². The number of hydrazone groups is 1. The molecule has 0 atom stereocenters. The second-order valence-electron chi connectivity index (χ2n) is 3.68. The highest BCUT2D eigenvalue weighted by atomic mass is 32.1. The summed E-state index contributed by atoms with van der Waals surface area (Å²) in [5.74, 6) is 0.482. The molecule has 0 bridgehead atoms. The summed E-state index contributed by atoms with van der Waals surface area (Å²) in [7, 11) is 0. The van der Waals surface area contributed by atoms with E-state index in [-0.39, 0.29) is 0 Å². The predicted molar refractivity (Wildman–Crippen MR) is 73.3 cm³/mol. The molecule has 90 valence electrons. The Morgan fingerprint density at radius 3 is 3.00 bits per heavy atom. The number of nitrogens with one attached hydrogen (secondary N) is 4. The molecular weight excluding hydrogens is 248 g/mol. The predicted octanol–water partition coefficient (Wildman–Crippen LogP) is 2.39. The lowest BCUT2D eigenvalue weighted by Gasteiger charge is -1.92. The van der Waals surface area contributed by atoms with Crippen LogP contribution in [0.5, 0.6) is 0 Å². The molecule has 0 spiro atoms. The summed E-state index contributed by atoms with van der Waals surface area (Å²) in [6, 6.07) is 8.04. The minimum atomic E-state index is 0.389. The van der Waals surface area contributed by atoms with Gasteiger partial charge in [-0.15, -0.1) is 0 Å². The molecule has 0 radical (unpaired) electrons. The molecule has 7 heteroatoms. The van der Waals surface area contributed by atoms with Crippen LogP contribution in [-0.2, 0) is 0 Å². The number of benzene rings is 1. The van der Waals surface area contributed by atoms with Crippen molar-refractivity contribution in [3.63, 3.8) is 0 Å². The molecule has 1 aromatic carbocycles. The van der Waals surface area contributed by atoms with Gasteiger partial charge in [-0.05, 0) is 18.3 Å². The molecule has 0 aliphatic heterocycles. The molecular formula is C11H10N6S. The summed E-state index contributed by atoms with van der Waals surface area (Å²) in [5, 5.41) is 10.6. The highest BCUT2D eigenvalue weighted by molar-refractivity contribution is 7.71. The second kappa shape index (κ2) is 4.46. The molecule has 3 aromatic rings. The maximum atomic E-state index is 4.83. The van der Waals surface area contributed by atoms with Crippen molar-refractivity contribution in [3.05, 3.63) is 40.8 Å². The van der Waals surface area contributed by atoms with Gasteiger partial charge in [0.1, 0.15) is 0 Å².